The lowest BCUT2D eigenvalue weighted by molar-refractivity contribution is 0.251. The Bertz CT molecular complexity index is 757. The third-order valence-electron chi connectivity index (χ3n) is 4.40. The van der Waals surface area contributed by atoms with E-state index in [1.54, 1.807) is 6.20 Å². The maximum atomic E-state index is 12.3. The van der Waals surface area contributed by atoms with Gasteiger partial charge in [-0.05, 0) is 48.6 Å². The second-order valence-corrected chi connectivity index (χ2v) is 7.23. The number of nitrogens with zero attached hydrogens (tertiary/aromatic N) is 2. The maximum Gasteiger partial charge on any atom is 0.319 e. The van der Waals surface area contributed by atoms with Crippen molar-refractivity contribution >= 4 is 17.5 Å². The highest BCUT2D eigenvalue weighted by atomic mass is 16.5. The molecule has 3 rings (SSSR count). The Kier molecular flexibility index (Phi) is 6.52. The summed E-state index contributed by atoms with van der Waals surface area (Å²) < 4.78 is 5.78. The standard InChI is InChI=1S/C21H28N4O2/c1-16(2)15-27-19-8-4-3-7-18(19)24-21(26)23-14-17-9-10-22-20(13-17)25-11-5-6-12-25/h3-4,7-10,13,16H,5-6,11-12,14-15H2,1-2H3,(H2,23,24,26). The molecule has 0 spiro atoms. The highest BCUT2D eigenvalue weighted by Gasteiger charge is 2.14. The predicted octanol–water partition coefficient (Wildman–Crippen LogP) is 4.04. The molecule has 1 aliphatic heterocycles. The lowest BCUT2D eigenvalue weighted by Crippen LogP contribution is -2.28. The molecule has 0 radical (unpaired) electrons. The van der Waals surface area contributed by atoms with Crippen molar-refractivity contribution in [2.24, 2.45) is 5.92 Å². The number of anilines is 2. The van der Waals surface area contributed by atoms with Crippen molar-refractivity contribution in [3.63, 3.8) is 0 Å². The van der Waals surface area contributed by atoms with E-state index in [1.165, 1.54) is 12.8 Å². The van der Waals surface area contributed by atoms with Crippen molar-refractivity contribution in [3.05, 3.63) is 48.2 Å². The molecule has 6 heteroatoms. The average Bonchev–Trinajstić information content (AvgIpc) is 3.21. The zero-order chi connectivity index (χ0) is 19.1. The second kappa shape index (κ2) is 9.26. The molecule has 0 bridgehead atoms. The van der Waals surface area contributed by atoms with Crippen LogP contribution in [0.1, 0.15) is 32.3 Å². The summed E-state index contributed by atoms with van der Waals surface area (Å²) in [7, 11) is 0. The number of ether oxygens (including phenoxy) is 1. The van der Waals surface area contributed by atoms with Crippen LogP contribution in [0.3, 0.4) is 0 Å². The van der Waals surface area contributed by atoms with E-state index in [0.717, 1.165) is 24.5 Å². The third kappa shape index (κ3) is 5.61. The lowest BCUT2D eigenvalue weighted by atomic mass is 10.2. The molecule has 2 amide bonds. The van der Waals surface area contributed by atoms with Gasteiger partial charge in [-0.2, -0.15) is 0 Å². The Morgan fingerprint density at radius 3 is 2.78 bits per heavy atom. The maximum absolute atomic E-state index is 12.3. The van der Waals surface area contributed by atoms with Crippen molar-refractivity contribution in [1.82, 2.24) is 10.3 Å². The first-order valence-corrected chi connectivity index (χ1v) is 9.58. The largest absolute Gasteiger partial charge is 0.491 e. The summed E-state index contributed by atoms with van der Waals surface area (Å²) in [4.78, 5) is 19.0. The summed E-state index contributed by atoms with van der Waals surface area (Å²) in [5.41, 5.74) is 1.70. The molecule has 1 aromatic heterocycles. The van der Waals surface area contributed by atoms with Crippen molar-refractivity contribution in [1.29, 1.82) is 0 Å². The van der Waals surface area contributed by atoms with Gasteiger partial charge in [-0.3, -0.25) is 0 Å². The van der Waals surface area contributed by atoms with Crippen LogP contribution in [0.4, 0.5) is 16.3 Å². The fourth-order valence-corrected chi connectivity index (χ4v) is 2.99. The molecular weight excluding hydrogens is 340 g/mol. The number of nitrogens with one attached hydrogen (secondary N) is 2. The molecule has 1 saturated heterocycles. The van der Waals surface area contributed by atoms with Crippen molar-refractivity contribution < 1.29 is 9.53 Å². The van der Waals surface area contributed by atoms with Gasteiger partial charge in [0.1, 0.15) is 11.6 Å². The molecule has 1 fully saturated rings. The number of carbonyl (C=O) groups excluding carboxylic acids is 1. The highest BCUT2D eigenvalue weighted by Crippen LogP contribution is 2.24. The van der Waals surface area contributed by atoms with Crippen LogP contribution in [0.2, 0.25) is 0 Å². The molecule has 6 nitrogen and oxygen atoms in total. The van der Waals surface area contributed by atoms with Gasteiger partial charge in [0.25, 0.3) is 0 Å². The summed E-state index contributed by atoms with van der Waals surface area (Å²) in [6.07, 6.45) is 4.23. The number of hydrogen-bond donors (Lipinski definition) is 2. The van der Waals surface area contributed by atoms with Gasteiger partial charge in [-0.25, -0.2) is 9.78 Å². The molecule has 2 N–H and O–H groups in total. The topological polar surface area (TPSA) is 66.5 Å². The summed E-state index contributed by atoms with van der Waals surface area (Å²) in [5, 5.41) is 5.78. The van der Waals surface area contributed by atoms with Gasteiger partial charge in [0, 0.05) is 25.8 Å². The Morgan fingerprint density at radius 1 is 1.22 bits per heavy atom. The zero-order valence-corrected chi connectivity index (χ0v) is 16.1. The van der Waals surface area contributed by atoms with Crippen LogP contribution in [0, 0.1) is 5.92 Å². The smallest absolute Gasteiger partial charge is 0.319 e. The molecule has 0 saturated carbocycles. The minimum Gasteiger partial charge on any atom is -0.491 e. The van der Waals surface area contributed by atoms with Crippen molar-refractivity contribution in [2.75, 3.05) is 29.9 Å². The van der Waals surface area contributed by atoms with E-state index in [4.69, 9.17) is 4.74 Å². The molecule has 27 heavy (non-hydrogen) atoms. The molecule has 0 unspecified atom stereocenters. The van der Waals surface area contributed by atoms with Gasteiger partial charge in [-0.15, -0.1) is 0 Å². The summed E-state index contributed by atoms with van der Waals surface area (Å²) >= 11 is 0. The van der Waals surface area contributed by atoms with Crippen molar-refractivity contribution in [2.45, 2.75) is 33.2 Å². The van der Waals surface area contributed by atoms with Gasteiger partial charge in [0.05, 0.1) is 12.3 Å². The molecule has 144 valence electrons. The summed E-state index contributed by atoms with van der Waals surface area (Å²) in [5.74, 6) is 2.09. The van der Waals surface area contributed by atoms with E-state index >= 15 is 0 Å². The van der Waals surface area contributed by atoms with Crippen LogP contribution in [-0.2, 0) is 6.54 Å². The second-order valence-electron chi connectivity index (χ2n) is 7.23. The molecule has 0 aliphatic carbocycles. The average molecular weight is 368 g/mol. The van der Waals surface area contributed by atoms with Crippen LogP contribution in [0.25, 0.3) is 0 Å². The monoisotopic (exact) mass is 368 g/mol. The molecule has 2 aromatic rings. The number of rotatable bonds is 7. The van der Waals surface area contributed by atoms with Gasteiger partial charge in [-0.1, -0.05) is 26.0 Å². The number of para-hydroxylation sites is 2. The molecule has 1 aromatic carbocycles. The Labute approximate surface area is 160 Å². The number of urea groups is 1. The lowest BCUT2D eigenvalue weighted by Gasteiger charge is -2.17. The van der Waals surface area contributed by atoms with E-state index in [-0.39, 0.29) is 6.03 Å². The quantitative estimate of drug-likeness (QED) is 0.774. The fraction of sp³-hybridized carbons (Fsp3) is 0.429. The van der Waals surface area contributed by atoms with E-state index in [0.29, 0.717) is 30.5 Å². The first kappa shape index (κ1) is 19.0. The molecule has 1 aliphatic rings. The first-order chi connectivity index (χ1) is 13.1. The van der Waals surface area contributed by atoms with Crippen molar-refractivity contribution in [3.8, 4) is 5.75 Å². The first-order valence-electron chi connectivity index (χ1n) is 9.58. The number of carbonyl (C=O) groups is 1. The number of amides is 2. The van der Waals surface area contributed by atoms with Gasteiger partial charge in [0.15, 0.2) is 0 Å². The molecular formula is C21H28N4O2. The minimum absolute atomic E-state index is 0.255. The SMILES string of the molecule is CC(C)COc1ccccc1NC(=O)NCc1ccnc(N2CCCC2)c1. The van der Waals surface area contributed by atoms with E-state index in [1.807, 2.05) is 36.4 Å². The van der Waals surface area contributed by atoms with Crippen LogP contribution in [-0.4, -0.2) is 30.7 Å². The Morgan fingerprint density at radius 2 is 2.00 bits per heavy atom. The Balaban J connectivity index is 1.55. The van der Waals surface area contributed by atoms with Crippen LogP contribution in [0.15, 0.2) is 42.6 Å². The number of benzene rings is 1. The molecule has 0 atom stereocenters. The van der Waals surface area contributed by atoms with Crippen LogP contribution >= 0.6 is 0 Å². The molecule has 2 heterocycles. The van der Waals surface area contributed by atoms with Crippen LogP contribution in [0.5, 0.6) is 5.75 Å². The van der Waals surface area contributed by atoms with E-state index in [2.05, 4.69) is 34.4 Å². The van der Waals surface area contributed by atoms with Gasteiger partial charge in [0.2, 0.25) is 0 Å². The predicted molar refractivity (Wildman–Crippen MR) is 108 cm³/mol. The highest BCUT2D eigenvalue weighted by molar-refractivity contribution is 5.90. The number of aromatic nitrogens is 1. The third-order valence-corrected chi connectivity index (χ3v) is 4.40. The summed E-state index contributed by atoms with van der Waals surface area (Å²) in [6, 6.07) is 11.2. The van der Waals surface area contributed by atoms with Gasteiger partial charge >= 0.3 is 6.03 Å². The van der Waals surface area contributed by atoms with E-state index in [9.17, 15) is 4.79 Å². The van der Waals surface area contributed by atoms with E-state index < -0.39 is 0 Å². The van der Waals surface area contributed by atoms with Gasteiger partial charge < -0.3 is 20.3 Å². The minimum atomic E-state index is -0.255. The normalized spacial score (nSPS) is 13.7. The fourth-order valence-electron chi connectivity index (χ4n) is 2.99. The summed E-state index contributed by atoms with van der Waals surface area (Å²) in [6.45, 7) is 7.34. The Hall–Kier alpha value is -2.76. The number of hydrogen-bond acceptors (Lipinski definition) is 4. The zero-order valence-electron chi connectivity index (χ0n) is 16.1. The van der Waals surface area contributed by atoms with Crippen LogP contribution < -0.4 is 20.3 Å². The number of pyridine rings is 1.